The van der Waals surface area contributed by atoms with E-state index in [1.54, 1.807) is 0 Å². The van der Waals surface area contributed by atoms with Gasteiger partial charge >= 0.3 is 0 Å². The number of ether oxygens (including phenoxy) is 1. The maximum absolute atomic E-state index is 12.0. The molecule has 1 heterocycles. The highest BCUT2D eigenvalue weighted by atomic mass is 35.5. The lowest BCUT2D eigenvalue weighted by atomic mass is 9.79. The summed E-state index contributed by atoms with van der Waals surface area (Å²) in [5.74, 6) is 0.240. The standard InChI is InChI=1S/C13H26N2O2.ClH/c1-4-17-9-5-6-12(16)15-8-7-11(14)13(2,3)10-15;/h11H,4-10,14H2,1-3H3;1H. The second kappa shape index (κ2) is 7.97. The van der Waals surface area contributed by atoms with Crippen LogP contribution in [0.3, 0.4) is 0 Å². The number of amides is 1. The second-order valence-electron chi connectivity index (χ2n) is 5.50. The van der Waals surface area contributed by atoms with E-state index in [1.807, 2.05) is 11.8 Å². The zero-order valence-corrected chi connectivity index (χ0v) is 12.6. The van der Waals surface area contributed by atoms with E-state index in [1.165, 1.54) is 0 Å². The molecule has 1 aliphatic rings. The lowest BCUT2D eigenvalue weighted by Crippen LogP contribution is -2.53. The summed E-state index contributed by atoms with van der Waals surface area (Å²) in [6.45, 7) is 9.23. The molecule has 4 nitrogen and oxygen atoms in total. The van der Waals surface area contributed by atoms with Crippen LogP contribution in [-0.2, 0) is 9.53 Å². The summed E-state index contributed by atoms with van der Waals surface area (Å²) in [5.41, 5.74) is 6.09. The number of halogens is 1. The topological polar surface area (TPSA) is 55.6 Å². The van der Waals surface area contributed by atoms with E-state index < -0.39 is 0 Å². The van der Waals surface area contributed by atoms with E-state index in [4.69, 9.17) is 10.5 Å². The Morgan fingerprint density at radius 3 is 2.72 bits per heavy atom. The number of piperidine rings is 1. The van der Waals surface area contributed by atoms with Crippen LogP contribution >= 0.6 is 12.4 Å². The zero-order valence-electron chi connectivity index (χ0n) is 11.8. The minimum atomic E-state index is 0. The van der Waals surface area contributed by atoms with Gasteiger partial charge in [0.25, 0.3) is 0 Å². The van der Waals surface area contributed by atoms with Gasteiger partial charge in [0.05, 0.1) is 0 Å². The van der Waals surface area contributed by atoms with E-state index in [9.17, 15) is 4.79 Å². The SMILES string of the molecule is CCOCCCC(=O)N1CCC(N)C(C)(C)C1.Cl. The molecule has 0 aromatic heterocycles. The van der Waals surface area contributed by atoms with Crippen LogP contribution in [0.4, 0.5) is 0 Å². The van der Waals surface area contributed by atoms with Gasteiger partial charge in [0.15, 0.2) is 0 Å². The largest absolute Gasteiger partial charge is 0.382 e. The number of nitrogens with zero attached hydrogens (tertiary/aromatic N) is 1. The van der Waals surface area contributed by atoms with Crippen molar-refractivity contribution in [1.82, 2.24) is 4.90 Å². The molecule has 0 aromatic rings. The van der Waals surface area contributed by atoms with Crippen molar-refractivity contribution in [2.45, 2.75) is 46.1 Å². The first-order valence-corrected chi connectivity index (χ1v) is 6.58. The molecule has 1 fully saturated rings. The molecular weight excluding hydrogens is 252 g/mol. The Hall–Kier alpha value is -0.320. The summed E-state index contributed by atoms with van der Waals surface area (Å²) in [5, 5.41) is 0. The van der Waals surface area contributed by atoms with E-state index >= 15 is 0 Å². The maximum Gasteiger partial charge on any atom is 0.222 e. The van der Waals surface area contributed by atoms with Crippen molar-refractivity contribution in [1.29, 1.82) is 0 Å². The Morgan fingerprint density at radius 2 is 2.17 bits per heavy atom. The lowest BCUT2D eigenvalue weighted by Gasteiger charge is -2.42. The normalized spacial score (nSPS) is 22.4. The number of nitrogens with two attached hydrogens (primary N) is 1. The Kier molecular flexibility index (Phi) is 7.83. The van der Waals surface area contributed by atoms with Crippen molar-refractivity contribution in [2.75, 3.05) is 26.3 Å². The first-order chi connectivity index (χ1) is 7.97. The summed E-state index contributed by atoms with van der Waals surface area (Å²) < 4.78 is 5.24. The molecule has 2 N–H and O–H groups in total. The second-order valence-corrected chi connectivity index (χ2v) is 5.50. The predicted octanol–water partition coefficient (Wildman–Crippen LogP) is 1.81. The lowest BCUT2D eigenvalue weighted by molar-refractivity contribution is -0.135. The molecule has 1 aliphatic heterocycles. The van der Waals surface area contributed by atoms with Gasteiger partial charge in [0, 0.05) is 38.8 Å². The van der Waals surface area contributed by atoms with Crippen molar-refractivity contribution in [2.24, 2.45) is 11.1 Å². The first-order valence-electron chi connectivity index (χ1n) is 6.58. The van der Waals surface area contributed by atoms with Crippen LogP contribution < -0.4 is 5.73 Å². The monoisotopic (exact) mass is 278 g/mol. The molecule has 0 bridgehead atoms. The minimum absolute atomic E-state index is 0. The molecule has 1 unspecified atom stereocenters. The van der Waals surface area contributed by atoms with Gasteiger partial charge < -0.3 is 15.4 Å². The van der Waals surface area contributed by atoms with Gasteiger partial charge in [-0.3, -0.25) is 4.79 Å². The quantitative estimate of drug-likeness (QED) is 0.781. The van der Waals surface area contributed by atoms with Crippen molar-refractivity contribution < 1.29 is 9.53 Å². The molecule has 5 heteroatoms. The molecule has 0 spiro atoms. The Labute approximate surface area is 117 Å². The summed E-state index contributed by atoms with van der Waals surface area (Å²) >= 11 is 0. The van der Waals surface area contributed by atoms with E-state index in [2.05, 4.69) is 13.8 Å². The van der Waals surface area contributed by atoms with Gasteiger partial charge in [-0.15, -0.1) is 12.4 Å². The number of hydrogen-bond acceptors (Lipinski definition) is 3. The number of hydrogen-bond donors (Lipinski definition) is 1. The summed E-state index contributed by atoms with van der Waals surface area (Å²) in [4.78, 5) is 13.9. The van der Waals surface area contributed by atoms with E-state index in [0.717, 1.165) is 32.5 Å². The molecule has 0 saturated carbocycles. The maximum atomic E-state index is 12.0. The van der Waals surface area contributed by atoms with Gasteiger partial charge in [-0.05, 0) is 25.2 Å². The summed E-state index contributed by atoms with van der Waals surface area (Å²) in [6.07, 6.45) is 2.31. The molecular formula is C13H27ClN2O2. The van der Waals surface area contributed by atoms with Crippen LogP contribution in [-0.4, -0.2) is 43.2 Å². The average Bonchev–Trinajstić information content (AvgIpc) is 2.28. The van der Waals surface area contributed by atoms with Gasteiger partial charge in [0.2, 0.25) is 5.91 Å². The van der Waals surface area contributed by atoms with Crippen molar-refractivity contribution in [3.8, 4) is 0 Å². The zero-order chi connectivity index (χ0) is 12.9. The fraction of sp³-hybridized carbons (Fsp3) is 0.923. The molecule has 18 heavy (non-hydrogen) atoms. The number of carbonyl (C=O) groups excluding carboxylic acids is 1. The van der Waals surface area contributed by atoms with Crippen molar-refractivity contribution in [3.05, 3.63) is 0 Å². The molecule has 108 valence electrons. The Bertz CT molecular complexity index is 259. The van der Waals surface area contributed by atoms with Gasteiger partial charge in [0.1, 0.15) is 0 Å². The van der Waals surface area contributed by atoms with E-state index in [-0.39, 0.29) is 29.8 Å². The highest BCUT2D eigenvalue weighted by Gasteiger charge is 2.34. The van der Waals surface area contributed by atoms with Crippen LogP contribution in [0.15, 0.2) is 0 Å². The Morgan fingerprint density at radius 1 is 1.50 bits per heavy atom. The van der Waals surface area contributed by atoms with Gasteiger partial charge in [-0.2, -0.15) is 0 Å². The summed E-state index contributed by atoms with van der Waals surface area (Å²) in [7, 11) is 0. The minimum Gasteiger partial charge on any atom is -0.382 e. The third-order valence-corrected chi connectivity index (χ3v) is 3.55. The van der Waals surface area contributed by atoms with Gasteiger partial charge in [-0.1, -0.05) is 13.8 Å². The van der Waals surface area contributed by atoms with Crippen molar-refractivity contribution in [3.63, 3.8) is 0 Å². The first kappa shape index (κ1) is 17.7. The average molecular weight is 279 g/mol. The fourth-order valence-electron chi connectivity index (χ4n) is 2.21. The molecule has 1 atom stereocenters. The smallest absolute Gasteiger partial charge is 0.222 e. The molecule has 1 amide bonds. The number of likely N-dealkylation sites (tertiary alicyclic amines) is 1. The van der Waals surface area contributed by atoms with E-state index in [0.29, 0.717) is 13.0 Å². The number of carbonyl (C=O) groups is 1. The third-order valence-electron chi connectivity index (χ3n) is 3.55. The predicted molar refractivity (Wildman–Crippen MR) is 75.9 cm³/mol. The highest BCUT2D eigenvalue weighted by molar-refractivity contribution is 5.85. The molecule has 0 radical (unpaired) electrons. The molecule has 1 rings (SSSR count). The van der Waals surface area contributed by atoms with Crippen LogP contribution in [0.2, 0.25) is 0 Å². The molecule has 0 aromatic carbocycles. The molecule has 0 aliphatic carbocycles. The van der Waals surface area contributed by atoms with Gasteiger partial charge in [-0.25, -0.2) is 0 Å². The van der Waals surface area contributed by atoms with Crippen LogP contribution in [0.5, 0.6) is 0 Å². The van der Waals surface area contributed by atoms with Crippen LogP contribution in [0.1, 0.15) is 40.0 Å². The van der Waals surface area contributed by atoms with Crippen molar-refractivity contribution >= 4 is 18.3 Å². The highest BCUT2D eigenvalue weighted by Crippen LogP contribution is 2.28. The molecule has 1 saturated heterocycles. The number of rotatable bonds is 5. The van der Waals surface area contributed by atoms with Crippen LogP contribution in [0, 0.1) is 5.41 Å². The summed E-state index contributed by atoms with van der Waals surface area (Å²) in [6, 6.07) is 0.204. The van der Waals surface area contributed by atoms with Crippen LogP contribution in [0.25, 0.3) is 0 Å². The third kappa shape index (κ3) is 5.12. The Balaban J connectivity index is 0.00000289. The fourth-order valence-corrected chi connectivity index (χ4v) is 2.21.